The number of aryl methyl sites for hydroxylation is 3. The van der Waals surface area contributed by atoms with Gasteiger partial charge in [-0.3, -0.25) is 0 Å². The molecule has 3 aromatic carbocycles. The quantitative estimate of drug-likeness (QED) is 0.462. The van der Waals surface area contributed by atoms with E-state index in [-0.39, 0.29) is 5.75 Å². The maximum Gasteiger partial charge on any atom is 0.422 e. The standard InChI is InChI=1S/C9H9F3O.C8H10.C7H8/c1-7-2-4-8(5-3-7)13-6-9(10,11)12;1-2-8-6-4-3-5-7-8;1-7-5-3-2-4-6-7/h2-5H,6H2,1H3;3-7H,2H2,1H3;2-6H,1H3. The zero-order valence-corrected chi connectivity index (χ0v) is 16.5. The number of ether oxygens (including phenoxy) is 1. The van der Waals surface area contributed by atoms with E-state index in [0.717, 1.165) is 12.0 Å². The minimum absolute atomic E-state index is 0.239. The first-order valence-corrected chi connectivity index (χ1v) is 9.12. The molecule has 0 aromatic heterocycles. The van der Waals surface area contributed by atoms with Crippen LogP contribution in [0.5, 0.6) is 5.75 Å². The molecule has 0 bridgehead atoms. The Balaban J connectivity index is 0.000000224. The fourth-order valence-corrected chi connectivity index (χ4v) is 2.05. The molecule has 4 heteroatoms. The summed E-state index contributed by atoms with van der Waals surface area (Å²) >= 11 is 0. The van der Waals surface area contributed by atoms with E-state index in [4.69, 9.17) is 0 Å². The van der Waals surface area contributed by atoms with Crippen molar-refractivity contribution in [1.29, 1.82) is 0 Å². The Morgan fingerprint density at radius 3 is 1.50 bits per heavy atom. The maximum atomic E-state index is 11.7. The third kappa shape index (κ3) is 11.8. The molecule has 3 rings (SSSR count). The molecule has 28 heavy (non-hydrogen) atoms. The second kappa shape index (κ2) is 12.6. The summed E-state index contributed by atoms with van der Waals surface area (Å²) in [6.45, 7) is 4.86. The number of alkyl halides is 3. The van der Waals surface area contributed by atoms with Crippen molar-refractivity contribution in [3.8, 4) is 5.75 Å². The summed E-state index contributed by atoms with van der Waals surface area (Å²) in [5.41, 5.74) is 3.72. The largest absolute Gasteiger partial charge is 0.484 e. The predicted octanol–water partition coefficient (Wildman–Crippen LogP) is 7.18. The highest BCUT2D eigenvalue weighted by molar-refractivity contribution is 5.26. The highest BCUT2D eigenvalue weighted by atomic mass is 19.4. The first kappa shape index (κ1) is 23.3. The minimum Gasteiger partial charge on any atom is -0.484 e. The minimum atomic E-state index is -4.27. The number of halogens is 3. The van der Waals surface area contributed by atoms with Crippen molar-refractivity contribution in [2.75, 3.05) is 6.61 Å². The van der Waals surface area contributed by atoms with Crippen molar-refractivity contribution in [2.45, 2.75) is 33.4 Å². The van der Waals surface area contributed by atoms with Crippen LogP contribution >= 0.6 is 0 Å². The van der Waals surface area contributed by atoms with Crippen LogP contribution < -0.4 is 4.74 Å². The Kier molecular flexibility index (Phi) is 10.5. The van der Waals surface area contributed by atoms with Crippen LogP contribution in [-0.4, -0.2) is 12.8 Å². The van der Waals surface area contributed by atoms with Crippen molar-refractivity contribution in [1.82, 2.24) is 0 Å². The molecule has 1 nitrogen and oxygen atoms in total. The zero-order chi connectivity index (χ0) is 20.8. The molecule has 150 valence electrons. The Bertz CT molecular complexity index is 751. The van der Waals surface area contributed by atoms with Gasteiger partial charge in [0.15, 0.2) is 6.61 Å². The number of benzene rings is 3. The highest BCUT2D eigenvalue weighted by Crippen LogP contribution is 2.18. The summed E-state index contributed by atoms with van der Waals surface area (Å²) in [6.07, 6.45) is -3.13. The van der Waals surface area contributed by atoms with Crippen LogP contribution in [0.15, 0.2) is 84.9 Å². The van der Waals surface area contributed by atoms with Gasteiger partial charge in [0.05, 0.1) is 0 Å². The smallest absolute Gasteiger partial charge is 0.422 e. The average molecular weight is 388 g/mol. The van der Waals surface area contributed by atoms with Gasteiger partial charge in [-0.1, -0.05) is 90.8 Å². The molecule has 0 saturated heterocycles. The van der Waals surface area contributed by atoms with E-state index in [0.29, 0.717) is 0 Å². The SMILES string of the molecule is CCc1ccccc1.Cc1ccc(OCC(F)(F)F)cc1.Cc1ccccc1. The molecule has 3 aromatic rings. The Hall–Kier alpha value is -2.75. The summed E-state index contributed by atoms with van der Waals surface area (Å²) in [7, 11) is 0. The van der Waals surface area contributed by atoms with Gasteiger partial charge < -0.3 is 4.74 Å². The molecule has 0 radical (unpaired) electrons. The molecule has 0 spiro atoms. The molecule has 0 aliphatic heterocycles. The summed E-state index contributed by atoms with van der Waals surface area (Å²) in [6, 6.07) is 27.1. The van der Waals surface area contributed by atoms with E-state index in [9.17, 15) is 13.2 Å². The first-order valence-electron chi connectivity index (χ1n) is 9.12. The summed E-state index contributed by atoms with van der Waals surface area (Å²) < 4.78 is 39.6. The van der Waals surface area contributed by atoms with Gasteiger partial charge in [0.2, 0.25) is 0 Å². The van der Waals surface area contributed by atoms with E-state index in [1.165, 1.54) is 23.3 Å². The monoisotopic (exact) mass is 388 g/mol. The highest BCUT2D eigenvalue weighted by Gasteiger charge is 2.28. The van der Waals surface area contributed by atoms with Crippen molar-refractivity contribution in [3.05, 3.63) is 102 Å². The van der Waals surface area contributed by atoms with Crippen LogP contribution in [0.3, 0.4) is 0 Å². The van der Waals surface area contributed by atoms with E-state index < -0.39 is 12.8 Å². The molecule has 0 aliphatic rings. The molecule has 0 aliphatic carbocycles. The lowest BCUT2D eigenvalue weighted by molar-refractivity contribution is -0.153. The zero-order valence-electron chi connectivity index (χ0n) is 16.5. The summed E-state index contributed by atoms with van der Waals surface area (Å²) in [5, 5.41) is 0. The van der Waals surface area contributed by atoms with Gasteiger partial charge in [0.25, 0.3) is 0 Å². The lowest BCUT2D eigenvalue weighted by atomic mass is 10.2. The first-order chi connectivity index (χ1) is 13.3. The van der Waals surface area contributed by atoms with Gasteiger partial charge in [0.1, 0.15) is 5.75 Å². The van der Waals surface area contributed by atoms with Gasteiger partial charge in [-0.05, 0) is 38.0 Å². The van der Waals surface area contributed by atoms with Crippen molar-refractivity contribution < 1.29 is 17.9 Å². The molecular formula is C24H27F3O. The Morgan fingerprint density at radius 2 is 1.14 bits per heavy atom. The number of rotatable bonds is 3. The van der Waals surface area contributed by atoms with E-state index in [2.05, 4.69) is 55.0 Å². The molecule has 0 atom stereocenters. The second-order valence-corrected chi connectivity index (χ2v) is 6.21. The van der Waals surface area contributed by atoms with E-state index in [1.54, 1.807) is 12.1 Å². The lowest BCUT2D eigenvalue weighted by Gasteiger charge is -2.08. The average Bonchev–Trinajstić information content (AvgIpc) is 2.69. The van der Waals surface area contributed by atoms with E-state index in [1.807, 2.05) is 31.2 Å². The summed E-state index contributed by atoms with van der Waals surface area (Å²) in [5.74, 6) is 0.239. The fraction of sp³-hybridized carbons (Fsp3) is 0.250. The van der Waals surface area contributed by atoms with Crippen LogP contribution in [0, 0.1) is 13.8 Å². The van der Waals surface area contributed by atoms with Crippen LogP contribution in [0.1, 0.15) is 23.6 Å². The van der Waals surface area contributed by atoms with Crippen LogP contribution in [-0.2, 0) is 6.42 Å². The summed E-state index contributed by atoms with van der Waals surface area (Å²) in [4.78, 5) is 0. The number of hydrogen-bond acceptors (Lipinski definition) is 1. The van der Waals surface area contributed by atoms with Gasteiger partial charge >= 0.3 is 6.18 Å². The molecule has 0 heterocycles. The Labute approximate surface area is 165 Å². The normalized spacial score (nSPS) is 10.1. The van der Waals surface area contributed by atoms with Gasteiger partial charge in [-0.25, -0.2) is 0 Å². The molecule has 0 saturated carbocycles. The molecule has 0 fully saturated rings. The number of hydrogen-bond donors (Lipinski definition) is 0. The van der Waals surface area contributed by atoms with Crippen molar-refractivity contribution >= 4 is 0 Å². The van der Waals surface area contributed by atoms with Gasteiger partial charge in [0, 0.05) is 0 Å². The molecular weight excluding hydrogens is 361 g/mol. The molecule has 0 N–H and O–H groups in total. The second-order valence-electron chi connectivity index (χ2n) is 6.21. The van der Waals surface area contributed by atoms with E-state index >= 15 is 0 Å². The van der Waals surface area contributed by atoms with Crippen molar-refractivity contribution in [2.24, 2.45) is 0 Å². The fourth-order valence-electron chi connectivity index (χ4n) is 2.05. The third-order valence-corrected chi connectivity index (χ3v) is 3.62. The van der Waals surface area contributed by atoms with Gasteiger partial charge in [-0.2, -0.15) is 13.2 Å². The van der Waals surface area contributed by atoms with Crippen LogP contribution in [0.25, 0.3) is 0 Å². The third-order valence-electron chi connectivity index (χ3n) is 3.62. The topological polar surface area (TPSA) is 9.23 Å². The lowest BCUT2D eigenvalue weighted by Crippen LogP contribution is -2.19. The van der Waals surface area contributed by atoms with Crippen LogP contribution in [0.4, 0.5) is 13.2 Å². The maximum absolute atomic E-state index is 11.7. The molecule has 0 unspecified atom stereocenters. The Morgan fingerprint density at radius 1 is 0.679 bits per heavy atom. The predicted molar refractivity (Wildman–Crippen MR) is 110 cm³/mol. The van der Waals surface area contributed by atoms with Crippen molar-refractivity contribution in [3.63, 3.8) is 0 Å². The van der Waals surface area contributed by atoms with Crippen LogP contribution in [0.2, 0.25) is 0 Å². The molecule has 0 amide bonds. The van der Waals surface area contributed by atoms with Gasteiger partial charge in [-0.15, -0.1) is 0 Å².